The van der Waals surface area contributed by atoms with Crippen molar-refractivity contribution in [2.75, 3.05) is 6.54 Å². The maximum atomic E-state index is 13.2. The van der Waals surface area contributed by atoms with E-state index in [9.17, 15) is 4.39 Å². The highest BCUT2D eigenvalue weighted by molar-refractivity contribution is 5.27. The third-order valence-electron chi connectivity index (χ3n) is 5.25. The smallest absolute Gasteiger partial charge is 0.123 e. The maximum absolute atomic E-state index is 13.2. The van der Waals surface area contributed by atoms with Gasteiger partial charge in [-0.05, 0) is 86.6 Å². The lowest BCUT2D eigenvalue weighted by atomic mass is 9.88. The van der Waals surface area contributed by atoms with Crippen LogP contribution in [0.4, 0.5) is 4.39 Å². The number of fused-ring (bicyclic) bond motifs is 1. The Balaban J connectivity index is 1.68. The van der Waals surface area contributed by atoms with E-state index in [4.69, 9.17) is 0 Å². The highest BCUT2D eigenvalue weighted by Crippen LogP contribution is 2.55. The van der Waals surface area contributed by atoms with Gasteiger partial charge in [-0.1, -0.05) is 13.0 Å². The number of hydrogen-bond donors (Lipinski definition) is 1. The van der Waals surface area contributed by atoms with Crippen molar-refractivity contribution in [1.82, 2.24) is 5.32 Å². The molecule has 3 rings (SSSR count). The minimum atomic E-state index is -0.119. The molecule has 2 aliphatic rings. The summed E-state index contributed by atoms with van der Waals surface area (Å²) < 4.78 is 13.2. The summed E-state index contributed by atoms with van der Waals surface area (Å²) in [7, 11) is 0. The predicted molar refractivity (Wildman–Crippen MR) is 81.2 cm³/mol. The summed E-state index contributed by atoms with van der Waals surface area (Å²) >= 11 is 0. The lowest BCUT2D eigenvalue weighted by Crippen LogP contribution is -2.38. The summed E-state index contributed by atoms with van der Waals surface area (Å²) in [5.74, 6) is 2.77. The first-order chi connectivity index (χ1) is 9.67. The van der Waals surface area contributed by atoms with Crippen molar-refractivity contribution in [3.8, 4) is 0 Å². The summed E-state index contributed by atoms with van der Waals surface area (Å²) in [5, 5.41) is 3.75. The van der Waals surface area contributed by atoms with E-state index in [0.717, 1.165) is 36.3 Å². The van der Waals surface area contributed by atoms with Crippen molar-refractivity contribution in [1.29, 1.82) is 0 Å². The molecule has 2 aliphatic carbocycles. The lowest BCUT2D eigenvalue weighted by Gasteiger charge is -2.27. The monoisotopic (exact) mass is 275 g/mol. The van der Waals surface area contributed by atoms with Crippen LogP contribution in [0.5, 0.6) is 0 Å². The Hall–Kier alpha value is -0.890. The molecular weight excluding hydrogens is 249 g/mol. The second-order valence-electron chi connectivity index (χ2n) is 6.82. The number of nitrogens with one attached hydrogen (secondary N) is 1. The summed E-state index contributed by atoms with van der Waals surface area (Å²) in [6.07, 6.45) is 6.53. The van der Waals surface area contributed by atoms with Gasteiger partial charge in [0.05, 0.1) is 0 Å². The highest BCUT2D eigenvalue weighted by Gasteiger charge is 2.47. The van der Waals surface area contributed by atoms with Gasteiger partial charge in [-0.3, -0.25) is 0 Å². The molecule has 1 aromatic rings. The molecule has 0 aliphatic heterocycles. The standard InChI is InChI=1S/C18H26FN/c1-3-6-20-18(16-9-14-8-15(14)10-16)11-13-4-5-17(19)7-12(13)2/h4-5,7,14-16,18,20H,3,6,8-11H2,1-2H3. The molecule has 1 aromatic carbocycles. The topological polar surface area (TPSA) is 12.0 Å². The summed E-state index contributed by atoms with van der Waals surface area (Å²) in [6.45, 7) is 5.34. The van der Waals surface area contributed by atoms with E-state index < -0.39 is 0 Å². The van der Waals surface area contributed by atoms with E-state index in [0.29, 0.717) is 6.04 Å². The van der Waals surface area contributed by atoms with Crippen molar-refractivity contribution in [3.05, 3.63) is 35.1 Å². The van der Waals surface area contributed by atoms with Crippen LogP contribution >= 0.6 is 0 Å². The zero-order valence-corrected chi connectivity index (χ0v) is 12.7. The van der Waals surface area contributed by atoms with E-state index in [1.807, 2.05) is 13.0 Å². The van der Waals surface area contributed by atoms with Crippen LogP contribution in [0.1, 0.15) is 43.7 Å². The Kier molecular flexibility index (Phi) is 4.11. The van der Waals surface area contributed by atoms with Gasteiger partial charge < -0.3 is 5.32 Å². The van der Waals surface area contributed by atoms with Crippen LogP contribution < -0.4 is 5.32 Å². The molecule has 1 N–H and O–H groups in total. The molecule has 110 valence electrons. The van der Waals surface area contributed by atoms with Gasteiger partial charge in [0, 0.05) is 6.04 Å². The first-order valence-corrected chi connectivity index (χ1v) is 8.15. The molecule has 0 heterocycles. The molecule has 20 heavy (non-hydrogen) atoms. The Labute approximate surface area is 122 Å². The van der Waals surface area contributed by atoms with Crippen LogP contribution in [0.3, 0.4) is 0 Å². The van der Waals surface area contributed by atoms with Gasteiger partial charge in [0.25, 0.3) is 0 Å². The second kappa shape index (κ2) is 5.85. The molecule has 0 aromatic heterocycles. The van der Waals surface area contributed by atoms with Crippen LogP contribution in [0.2, 0.25) is 0 Å². The molecule has 3 unspecified atom stereocenters. The Morgan fingerprint density at radius 2 is 2.00 bits per heavy atom. The highest BCUT2D eigenvalue weighted by atomic mass is 19.1. The first-order valence-electron chi connectivity index (χ1n) is 8.15. The van der Waals surface area contributed by atoms with Crippen molar-refractivity contribution in [2.45, 2.75) is 52.0 Å². The van der Waals surface area contributed by atoms with Crippen LogP contribution in [0, 0.1) is 30.5 Å². The molecule has 0 bridgehead atoms. The minimum absolute atomic E-state index is 0.119. The van der Waals surface area contributed by atoms with Crippen molar-refractivity contribution < 1.29 is 4.39 Å². The van der Waals surface area contributed by atoms with Crippen molar-refractivity contribution in [2.24, 2.45) is 17.8 Å². The van der Waals surface area contributed by atoms with Gasteiger partial charge in [-0.25, -0.2) is 4.39 Å². The molecule has 2 heteroatoms. The Morgan fingerprint density at radius 3 is 2.65 bits per heavy atom. The average molecular weight is 275 g/mol. The number of rotatable bonds is 6. The van der Waals surface area contributed by atoms with Crippen LogP contribution in [0.25, 0.3) is 0 Å². The van der Waals surface area contributed by atoms with Gasteiger partial charge in [-0.15, -0.1) is 0 Å². The number of aryl methyl sites for hydroxylation is 1. The fraction of sp³-hybridized carbons (Fsp3) is 0.667. The molecular formula is C18H26FN. The van der Waals surface area contributed by atoms with E-state index in [-0.39, 0.29) is 5.82 Å². The third-order valence-corrected chi connectivity index (χ3v) is 5.25. The van der Waals surface area contributed by atoms with Crippen molar-refractivity contribution in [3.63, 3.8) is 0 Å². The minimum Gasteiger partial charge on any atom is -0.313 e. The molecule has 3 atom stereocenters. The number of halogens is 1. The van der Waals surface area contributed by atoms with Crippen molar-refractivity contribution >= 4 is 0 Å². The van der Waals surface area contributed by atoms with E-state index in [1.165, 1.54) is 31.2 Å². The number of hydrogen-bond acceptors (Lipinski definition) is 1. The molecule has 0 saturated heterocycles. The molecule has 1 nitrogen and oxygen atoms in total. The summed E-state index contributed by atoms with van der Waals surface area (Å²) in [5.41, 5.74) is 2.40. The molecule has 0 amide bonds. The third kappa shape index (κ3) is 3.06. The molecule has 2 fully saturated rings. The Morgan fingerprint density at radius 1 is 1.25 bits per heavy atom. The largest absolute Gasteiger partial charge is 0.313 e. The fourth-order valence-corrected chi connectivity index (χ4v) is 3.95. The number of benzene rings is 1. The zero-order valence-electron chi connectivity index (χ0n) is 12.7. The van der Waals surface area contributed by atoms with E-state index >= 15 is 0 Å². The van der Waals surface area contributed by atoms with Gasteiger partial charge >= 0.3 is 0 Å². The first kappa shape index (κ1) is 14.1. The van der Waals surface area contributed by atoms with Crippen LogP contribution in [0.15, 0.2) is 18.2 Å². The van der Waals surface area contributed by atoms with Gasteiger partial charge in [0.15, 0.2) is 0 Å². The fourth-order valence-electron chi connectivity index (χ4n) is 3.95. The lowest BCUT2D eigenvalue weighted by molar-refractivity contribution is 0.332. The quantitative estimate of drug-likeness (QED) is 0.824. The molecule has 0 spiro atoms. The van der Waals surface area contributed by atoms with E-state index in [2.05, 4.69) is 12.2 Å². The molecule has 0 radical (unpaired) electrons. The van der Waals surface area contributed by atoms with Crippen LogP contribution in [-0.2, 0) is 6.42 Å². The summed E-state index contributed by atoms with van der Waals surface area (Å²) in [6, 6.07) is 5.82. The van der Waals surface area contributed by atoms with Gasteiger partial charge in [0.2, 0.25) is 0 Å². The maximum Gasteiger partial charge on any atom is 0.123 e. The second-order valence-corrected chi connectivity index (χ2v) is 6.82. The Bertz CT molecular complexity index is 460. The normalized spacial score (nSPS) is 29.2. The van der Waals surface area contributed by atoms with E-state index in [1.54, 1.807) is 12.1 Å². The predicted octanol–water partition coefficient (Wildman–Crippen LogP) is 4.09. The molecule has 2 saturated carbocycles. The average Bonchev–Trinajstić information content (AvgIpc) is 3.03. The SMILES string of the molecule is CCCNC(Cc1ccc(F)cc1C)C1CC2CC2C1. The zero-order chi connectivity index (χ0) is 14.1. The van der Waals surface area contributed by atoms with Gasteiger partial charge in [-0.2, -0.15) is 0 Å². The summed E-state index contributed by atoms with van der Waals surface area (Å²) in [4.78, 5) is 0. The van der Waals surface area contributed by atoms with Crippen LogP contribution in [-0.4, -0.2) is 12.6 Å². The van der Waals surface area contributed by atoms with Gasteiger partial charge in [0.1, 0.15) is 5.82 Å².